The highest BCUT2D eigenvalue weighted by molar-refractivity contribution is 5.94. The number of rotatable bonds is 5. The van der Waals surface area contributed by atoms with Gasteiger partial charge in [0.15, 0.2) is 5.72 Å². The van der Waals surface area contributed by atoms with Crippen LogP contribution in [0.25, 0.3) is 11.3 Å². The lowest BCUT2D eigenvalue weighted by Gasteiger charge is -2.24. The Morgan fingerprint density at radius 3 is 2.56 bits per heavy atom. The molecule has 1 heterocycles. The van der Waals surface area contributed by atoms with Crippen molar-refractivity contribution in [1.29, 1.82) is 5.41 Å². The van der Waals surface area contributed by atoms with Crippen molar-refractivity contribution in [2.45, 2.75) is 19.1 Å². The van der Waals surface area contributed by atoms with Gasteiger partial charge in [0.05, 0.1) is 5.69 Å². The Balaban J connectivity index is 1.81. The molecule has 25 heavy (non-hydrogen) atoms. The quantitative estimate of drug-likeness (QED) is 0.325. The maximum absolute atomic E-state index is 10.8. The molecule has 0 bridgehead atoms. The van der Waals surface area contributed by atoms with E-state index in [4.69, 9.17) is 16.9 Å². The van der Waals surface area contributed by atoms with Gasteiger partial charge in [0, 0.05) is 29.4 Å². The molecule has 0 spiro atoms. The number of aliphatic hydroxyl groups is 1. The third-order valence-electron chi connectivity index (χ3n) is 4.07. The molecular formula is C19H21N5O. The van der Waals surface area contributed by atoms with E-state index in [9.17, 15) is 5.11 Å². The van der Waals surface area contributed by atoms with Gasteiger partial charge in [0.2, 0.25) is 0 Å². The van der Waals surface area contributed by atoms with Gasteiger partial charge in [-0.15, -0.1) is 0 Å². The predicted molar refractivity (Wildman–Crippen MR) is 99.1 cm³/mol. The first-order chi connectivity index (χ1) is 11.8. The zero-order valence-corrected chi connectivity index (χ0v) is 14.0. The van der Waals surface area contributed by atoms with Gasteiger partial charge in [0.1, 0.15) is 5.84 Å². The average molecular weight is 335 g/mol. The van der Waals surface area contributed by atoms with Gasteiger partial charge < -0.3 is 16.6 Å². The molecule has 0 aliphatic heterocycles. The summed E-state index contributed by atoms with van der Waals surface area (Å²) in [5.41, 5.74) is 14.0. The fourth-order valence-electron chi connectivity index (χ4n) is 2.71. The van der Waals surface area contributed by atoms with Crippen LogP contribution in [0.1, 0.15) is 18.1 Å². The topological polar surface area (TPSA) is 114 Å². The number of nitrogens with zero attached hydrogens (tertiary/aromatic N) is 2. The maximum atomic E-state index is 10.8. The molecule has 3 aromatic rings. The van der Waals surface area contributed by atoms with Crippen molar-refractivity contribution in [2.24, 2.45) is 5.73 Å². The highest BCUT2D eigenvalue weighted by Crippen LogP contribution is 2.23. The van der Waals surface area contributed by atoms with Crippen molar-refractivity contribution in [1.82, 2.24) is 9.78 Å². The first kappa shape index (κ1) is 16.7. The van der Waals surface area contributed by atoms with Crippen LogP contribution in [0.2, 0.25) is 0 Å². The van der Waals surface area contributed by atoms with Crippen LogP contribution < -0.4 is 11.5 Å². The van der Waals surface area contributed by atoms with Gasteiger partial charge >= 0.3 is 0 Å². The van der Waals surface area contributed by atoms with Crippen LogP contribution >= 0.6 is 0 Å². The smallest absolute Gasteiger partial charge is 0.158 e. The molecular weight excluding hydrogens is 314 g/mol. The SMILES string of the molecule is CC(O)(Cc1ccc(C(=N)N)cc1)n1ccc(-c2cccc(N)c2)n1. The average Bonchev–Trinajstić information content (AvgIpc) is 3.06. The van der Waals surface area contributed by atoms with Crippen LogP contribution in [-0.2, 0) is 12.1 Å². The van der Waals surface area contributed by atoms with Crippen molar-refractivity contribution in [3.63, 3.8) is 0 Å². The first-order valence-corrected chi connectivity index (χ1v) is 7.93. The van der Waals surface area contributed by atoms with E-state index in [0.717, 1.165) is 16.8 Å². The summed E-state index contributed by atoms with van der Waals surface area (Å²) in [6.07, 6.45) is 2.13. The number of amidine groups is 1. The zero-order chi connectivity index (χ0) is 18.0. The number of nitrogens with one attached hydrogen (secondary N) is 1. The fourth-order valence-corrected chi connectivity index (χ4v) is 2.71. The van der Waals surface area contributed by atoms with Gasteiger partial charge in [0.25, 0.3) is 0 Å². The molecule has 1 aromatic heterocycles. The summed E-state index contributed by atoms with van der Waals surface area (Å²) < 4.78 is 1.55. The molecule has 3 rings (SSSR count). The molecule has 0 radical (unpaired) electrons. The minimum Gasteiger partial charge on any atom is -0.399 e. The molecule has 0 fully saturated rings. The van der Waals surface area contributed by atoms with Crippen molar-refractivity contribution in [2.75, 3.05) is 5.73 Å². The van der Waals surface area contributed by atoms with E-state index in [1.54, 1.807) is 29.9 Å². The summed E-state index contributed by atoms with van der Waals surface area (Å²) in [4.78, 5) is 0. The molecule has 6 N–H and O–H groups in total. The third-order valence-corrected chi connectivity index (χ3v) is 4.07. The monoisotopic (exact) mass is 335 g/mol. The third kappa shape index (κ3) is 3.70. The standard InChI is InChI=1S/C19H21N5O/c1-19(25,12-13-5-7-14(8-6-13)18(21)22)24-10-9-17(23-24)15-3-2-4-16(20)11-15/h2-11,25H,12,20H2,1H3,(H3,21,22). The molecule has 0 saturated carbocycles. The van der Waals surface area contributed by atoms with Crippen molar-refractivity contribution < 1.29 is 5.11 Å². The summed E-state index contributed by atoms with van der Waals surface area (Å²) >= 11 is 0. The minimum atomic E-state index is -1.18. The van der Waals surface area contributed by atoms with Gasteiger partial charge in [-0.05, 0) is 30.7 Å². The van der Waals surface area contributed by atoms with Gasteiger partial charge in [-0.2, -0.15) is 5.10 Å². The van der Waals surface area contributed by atoms with Crippen molar-refractivity contribution in [3.05, 3.63) is 71.9 Å². The Bertz CT molecular complexity index is 896. The summed E-state index contributed by atoms with van der Waals surface area (Å²) in [7, 11) is 0. The second kappa shape index (κ2) is 6.41. The number of anilines is 1. The Kier molecular flexibility index (Phi) is 4.29. The van der Waals surface area contributed by atoms with Crippen LogP contribution in [-0.4, -0.2) is 20.7 Å². The van der Waals surface area contributed by atoms with E-state index in [1.165, 1.54) is 0 Å². The largest absolute Gasteiger partial charge is 0.399 e. The van der Waals surface area contributed by atoms with Crippen LogP contribution in [0.15, 0.2) is 60.8 Å². The first-order valence-electron chi connectivity index (χ1n) is 7.93. The van der Waals surface area contributed by atoms with Crippen LogP contribution in [0.3, 0.4) is 0 Å². The Morgan fingerprint density at radius 2 is 1.92 bits per heavy atom. The molecule has 0 aliphatic rings. The number of aromatic nitrogens is 2. The van der Waals surface area contributed by atoms with Gasteiger partial charge in [-0.1, -0.05) is 36.4 Å². The summed E-state index contributed by atoms with van der Waals surface area (Å²) in [6, 6.07) is 16.6. The lowest BCUT2D eigenvalue weighted by atomic mass is 10.0. The minimum absolute atomic E-state index is 0.0252. The van der Waals surface area contributed by atoms with E-state index in [2.05, 4.69) is 5.10 Å². The Hall–Kier alpha value is -3.12. The van der Waals surface area contributed by atoms with Crippen molar-refractivity contribution >= 4 is 11.5 Å². The molecule has 2 aromatic carbocycles. The normalized spacial score (nSPS) is 13.4. The van der Waals surface area contributed by atoms with E-state index in [-0.39, 0.29) is 5.84 Å². The van der Waals surface area contributed by atoms with E-state index in [0.29, 0.717) is 17.7 Å². The van der Waals surface area contributed by atoms with Crippen LogP contribution in [0, 0.1) is 5.41 Å². The molecule has 0 aliphatic carbocycles. The summed E-state index contributed by atoms with van der Waals surface area (Å²) in [5, 5.41) is 22.8. The van der Waals surface area contributed by atoms with Gasteiger partial charge in [-0.25, -0.2) is 4.68 Å². The second-order valence-corrected chi connectivity index (χ2v) is 6.28. The zero-order valence-electron chi connectivity index (χ0n) is 14.0. The number of nitrogens with two attached hydrogens (primary N) is 2. The van der Waals surface area contributed by atoms with E-state index >= 15 is 0 Å². The lowest BCUT2D eigenvalue weighted by molar-refractivity contribution is -0.0293. The van der Waals surface area contributed by atoms with Crippen molar-refractivity contribution in [3.8, 4) is 11.3 Å². The molecule has 0 amide bonds. The number of nitrogen functional groups attached to an aromatic ring is 2. The molecule has 6 heteroatoms. The number of hydrogen-bond donors (Lipinski definition) is 4. The van der Waals surface area contributed by atoms with E-state index < -0.39 is 5.72 Å². The van der Waals surface area contributed by atoms with Crippen LogP contribution in [0.5, 0.6) is 0 Å². The lowest BCUT2D eigenvalue weighted by Crippen LogP contribution is -2.32. The van der Waals surface area contributed by atoms with E-state index in [1.807, 2.05) is 42.5 Å². The molecule has 0 saturated heterocycles. The summed E-state index contributed by atoms with van der Waals surface area (Å²) in [5.74, 6) is 0.0252. The highest BCUT2D eigenvalue weighted by atomic mass is 16.3. The molecule has 1 unspecified atom stereocenters. The van der Waals surface area contributed by atoms with Crippen LogP contribution in [0.4, 0.5) is 5.69 Å². The molecule has 1 atom stereocenters. The Labute approximate surface area is 146 Å². The Morgan fingerprint density at radius 1 is 1.20 bits per heavy atom. The number of benzene rings is 2. The fraction of sp³-hybridized carbons (Fsp3) is 0.158. The highest BCUT2D eigenvalue weighted by Gasteiger charge is 2.24. The number of hydrogen-bond acceptors (Lipinski definition) is 4. The molecule has 6 nitrogen and oxygen atoms in total. The maximum Gasteiger partial charge on any atom is 0.158 e. The predicted octanol–water partition coefficient (Wildman–Crippen LogP) is 2.32. The van der Waals surface area contributed by atoms with Gasteiger partial charge in [-0.3, -0.25) is 5.41 Å². The second-order valence-electron chi connectivity index (χ2n) is 6.28. The summed E-state index contributed by atoms with van der Waals surface area (Å²) in [6.45, 7) is 1.71. The molecule has 128 valence electrons.